The Hall–Kier alpha value is -1.84. The first-order valence-corrected chi connectivity index (χ1v) is 5.24. The molecule has 16 heavy (non-hydrogen) atoms. The number of nitrogens with two attached hydrogens (primary N) is 1. The average molecular weight is 216 g/mol. The van der Waals surface area contributed by atoms with E-state index in [1.807, 2.05) is 23.0 Å². The Morgan fingerprint density at radius 2 is 2.06 bits per heavy atom. The second kappa shape index (κ2) is 3.63. The van der Waals surface area contributed by atoms with Crippen LogP contribution in [0.2, 0.25) is 0 Å². The Kier molecular flexibility index (Phi) is 2.42. The number of aromatic nitrogens is 3. The van der Waals surface area contributed by atoms with Crippen LogP contribution in [0.5, 0.6) is 0 Å². The number of hydrogen-bond acceptors (Lipinski definition) is 3. The van der Waals surface area contributed by atoms with E-state index in [-0.39, 0.29) is 5.54 Å². The maximum atomic E-state index is 5.96. The van der Waals surface area contributed by atoms with Crippen molar-refractivity contribution in [3.05, 3.63) is 30.7 Å². The number of rotatable bonds is 1. The van der Waals surface area contributed by atoms with Crippen LogP contribution < -0.4 is 5.73 Å². The third-order valence-electron chi connectivity index (χ3n) is 2.36. The number of pyridine rings is 1. The zero-order chi connectivity index (χ0) is 11.8. The molecule has 0 spiro atoms. The second-order valence-electron chi connectivity index (χ2n) is 4.79. The van der Waals surface area contributed by atoms with Crippen LogP contribution in [-0.2, 0) is 5.54 Å². The highest BCUT2D eigenvalue weighted by molar-refractivity contribution is 5.71. The molecule has 0 aliphatic rings. The molecule has 0 bridgehead atoms. The Morgan fingerprint density at radius 3 is 2.56 bits per heavy atom. The highest BCUT2D eigenvalue weighted by Crippen LogP contribution is 2.25. The Labute approximate surface area is 95.1 Å². The Morgan fingerprint density at radius 1 is 1.31 bits per heavy atom. The van der Waals surface area contributed by atoms with E-state index in [1.165, 1.54) is 0 Å². The van der Waals surface area contributed by atoms with Gasteiger partial charge in [-0.1, -0.05) is 0 Å². The molecule has 0 aliphatic carbocycles. The standard InChI is InChI=1S/C12H16N4/c1-12(2,3)16-8-10(13)11(15-16)9-5-4-6-14-7-9/h4-8H,13H2,1-3H3. The van der Waals surface area contributed by atoms with Crippen LogP contribution >= 0.6 is 0 Å². The largest absolute Gasteiger partial charge is 0.396 e. The van der Waals surface area contributed by atoms with Gasteiger partial charge < -0.3 is 5.73 Å². The summed E-state index contributed by atoms with van der Waals surface area (Å²) in [4.78, 5) is 4.07. The summed E-state index contributed by atoms with van der Waals surface area (Å²) in [5.74, 6) is 0. The molecule has 0 saturated heterocycles. The Bertz CT molecular complexity index is 479. The van der Waals surface area contributed by atoms with Gasteiger partial charge in [-0.05, 0) is 32.9 Å². The van der Waals surface area contributed by atoms with Gasteiger partial charge in [0.1, 0.15) is 5.69 Å². The normalized spacial score (nSPS) is 11.7. The van der Waals surface area contributed by atoms with Gasteiger partial charge in [-0.25, -0.2) is 0 Å². The van der Waals surface area contributed by atoms with Crippen LogP contribution in [0.3, 0.4) is 0 Å². The van der Waals surface area contributed by atoms with E-state index in [2.05, 4.69) is 30.9 Å². The average Bonchev–Trinajstić information content (AvgIpc) is 2.61. The molecule has 2 aromatic heterocycles. The quantitative estimate of drug-likeness (QED) is 0.795. The van der Waals surface area contributed by atoms with Gasteiger partial charge in [0, 0.05) is 24.2 Å². The molecule has 2 aromatic rings. The summed E-state index contributed by atoms with van der Waals surface area (Å²) in [6.07, 6.45) is 5.37. The lowest BCUT2D eigenvalue weighted by molar-refractivity contribution is 0.356. The van der Waals surface area contributed by atoms with Crippen LogP contribution in [0.25, 0.3) is 11.3 Å². The first-order valence-electron chi connectivity index (χ1n) is 5.24. The van der Waals surface area contributed by atoms with E-state index in [4.69, 9.17) is 5.73 Å². The molecule has 0 radical (unpaired) electrons. The molecule has 0 atom stereocenters. The summed E-state index contributed by atoms with van der Waals surface area (Å²) in [6.45, 7) is 6.27. The van der Waals surface area contributed by atoms with Crippen molar-refractivity contribution in [1.82, 2.24) is 14.8 Å². The summed E-state index contributed by atoms with van der Waals surface area (Å²) in [5.41, 5.74) is 8.32. The molecule has 0 aromatic carbocycles. The van der Waals surface area contributed by atoms with Gasteiger partial charge in [0.25, 0.3) is 0 Å². The van der Waals surface area contributed by atoms with Gasteiger partial charge in [-0.3, -0.25) is 9.67 Å². The van der Waals surface area contributed by atoms with E-state index in [9.17, 15) is 0 Å². The molecule has 2 rings (SSSR count). The predicted molar refractivity (Wildman–Crippen MR) is 64.9 cm³/mol. The minimum absolute atomic E-state index is 0.0609. The molecular weight excluding hydrogens is 200 g/mol. The lowest BCUT2D eigenvalue weighted by atomic mass is 10.1. The fraction of sp³-hybridized carbons (Fsp3) is 0.333. The SMILES string of the molecule is CC(C)(C)n1cc(N)c(-c2cccnc2)n1. The highest BCUT2D eigenvalue weighted by Gasteiger charge is 2.17. The molecular formula is C12H16N4. The summed E-state index contributed by atoms with van der Waals surface area (Å²) >= 11 is 0. The van der Waals surface area contributed by atoms with Crippen molar-refractivity contribution in [3.63, 3.8) is 0 Å². The molecule has 0 aliphatic heterocycles. The van der Waals surface area contributed by atoms with E-state index >= 15 is 0 Å². The van der Waals surface area contributed by atoms with Crippen LogP contribution in [-0.4, -0.2) is 14.8 Å². The first-order chi connectivity index (χ1) is 7.48. The molecule has 0 amide bonds. The third kappa shape index (κ3) is 1.91. The van der Waals surface area contributed by atoms with E-state index in [1.54, 1.807) is 12.4 Å². The molecule has 0 fully saturated rings. The van der Waals surface area contributed by atoms with Crippen molar-refractivity contribution in [3.8, 4) is 11.3 Å². The summed E-state index contributed by atoms with van der Waals surface area (Å²) < 4.78 is 1.88. The van der Waals surface area contributed by atoms with Crippen molar-refractivity contribution in [2.75, 3.05) is 5.73 Å². The second-order valence-corrected chi connectivity index (χ2v) is 4.79. The fourth-order valence-electron chi connectivity index (χ4n) is 1.46. The topological polar surface area (TPSA) is 56.7 Å². The zero-order valence-electron chi connectivity index (χ0n) is 9.81. The zero-order valence-corrected chi connectivity index (χ0v) is 9.81. The van der Waals surface area contributed by atoms with Gasteiger partial charge >= 0.3 is 0 Å². The van der Waals surface area contributed by atoms with Gasteiger partial charge in [0.15, 0.2) is 0 Å². The molecule has 2 heterocycles. The molecule has 0 saturated carbocycles. The minimum Gasteiger partial charge on any atom is -0.396 e. The minimum atomic E-state index is -0.0609. The summed E-state index contributed by atoms with van der Waals surface area (Å²) in [6, 6.07) is 3.84. The number of nitrogens with zero attached hydrogens (tertiary/aromatic N) is 3. The van der Waals surface area contributed by atoms with Gasteiger partial charge in [-0.15, -0.1) is 0 Å². The molecule has 4 heteroatoms. The van der Waals surface area contributed by atoms with E-state index < -0.39 is 0 Å². The maximum Gasteiger partial charge on any atom is 0.117 e. The number of nitrogen functional groups attached to an aromatic ring is 1. The smallest absolute Gasteiger partial charge is 0.117 e. The predicted octanol–water partition coefficient (Wildman–Crippen LogP) is 2.28. The molecule has 84 valence electrons. The van der Waals surface area contributed by atoms with Crippen molar-refractivity contribution in [1.29, 1.82) is 0 Å². The van der Waals surface area contributed by atoms with Gasteiger partial charge in [0.05, 0.1) is 11.2 Å². The third-order valence-corrected chi connectivity index (χ3v) is 2.36. The van der Waals surface area contributed by atoms with Crippen LogP contribution in [0.1, 0.15) is 20.8 Å². The van der Waals surface area contributed by atoms with E-state index in [0.717, 1.165) is 11.3 Å². The van der Waals surface area contributed by atoms with Crippen molar-refractivity contribution in [2.24, 2.45) is 0 Å². The molecule has 4 nitrogen and oxygen atoms in total. The fourth-order valence-corrected chi connectivity index (χ4v) is 1.46. The number of anilines is 1. The van der Waals surface area contributed by atoms with Crippen LogP contribution in [0, 0.1) is 0 Å². The summed E-state index contributed by atoms with van der Waals surface area (Å²) in [5, 5.41) is 4.50. The molecule has 0 unspecified atom stereocenters. The van der Waals surface area contributed by atoms with E-state index in [0.29, 0.717) is 5.69 Å². The van der Waals surface area contributed by atoms with Gasteiger partial charge in [0.2, 0.25) is 0 Å². The monoisotopic (exact) mass is 216 g/mol. The Balaban J connectivity index is 2.48. The van der Waals surface area contributed by atoms with Crippen LogP contribution in [0.4, 0.5) is 5.69 Å². The first kappa shape index (κ1) is 10.7. The van der Waals surface area contributed by atoms with Crippen molar-refractivity contribution in [2.45, 2.75) is 26.3 Å². The van der Waals surface area contributed by atoms with Crippen molar-refractivity contribution < 1.29 is 0 Å². The lowest BCUT2D eigenvalue weighted by Gasteiger charge is -2.18. The molecule has 2 N–H and O–H groups in total. The highest BCUT2D eigenvalue weighted by atomic mass is 15.3. The number of hydrogen-bond donors (Lipinski definition) is 1. The van der Waals surface area contributed by atoms with Crippen molar-refractivity contribution >= 4 is 5.69 Å². The maximum absolute atomic E-state index is 5.96. The van der Waals surface area contributed by atoms with Gasteiger partial charge in [-0.2, -0.15) is 5.10 Å². The van der Waals surface area contributed by atoms with Crippen LogP contribution in [0.15, 0.2) is 30.7 Å². The lowest BCUT2D eigenvalue weighted by Crippen LogP contribution is -2.22. The summed E-state index contributed by atoms with van der Waals surface area (Å²) in [7, 11) is 0.